The molecule has 1 heterocycles. The molecule has 6 heteroatoms. The van der Waals surface area contributed by atoms with Gasteiger partial charge in [-0.15, -0.1) is 11.8 Å². The van der Waals surface area contributed by atoms with Crippen LogP contribution in [0.2, 0.25) is 0 Å². The van der Waals surface area contributed by atoms with E-state index in [4.69, 9.17) is 5.11 Å². The Morgan fingerprint density at radius 3 is 3.00 bits per heavy atom. The van der Waals surface area contributed by atoms with Gasteiger partial charge in [-0.25, -0.2) is 4.79 Å². The van der Waals surface area contributed by atoms with E-state index in [2.05, 4.69) is 0 Å². The lowest BCUT2D eigenvalue weighted by Crippen LogP contribution is -2.41. The van der Waals surface area contributed by atoms with Crippen LogP contribution in [0, 0.1) is 0 Å². The summed E-state index contributed by atoms with van der Waals surface area (Å²) in [5.74, 6) is 0.630. The lowest BCUT2D eigenvalue weighted by atomic mass is 10.1. The van der Waals surface area contributed by atoms with E-state index in [-0.39, 0.29) is 5.91 Å². The zero-order valence-corrected chi connectivity index (χ0v) is 12.2. The summed E-state index contributed by atoms with van der Waals surface area (Å²) in [6, 6.07) is 6.70. The SMILES string of the molecule is CSCc1cccc(C(=O)N2CSC[C@H]2C(=O)O)c1. The van der Waals surface area contributed by atoms with Crippen LogP contribution in [-0.2, 0) is 10.5 Å². The molecule has 102 valence electrons. The van der Waals surface area contributed by atoms with Crippen LogP contribution in [-0.4, -0.2) is 45.8 Å². The number of carbonyl (C=O) groups is 2. The van der Waals surface area contributed by atoms with Gasteiger partial charge in [-0.1, -0.05) is 12.1 Å². The van der Waals surface area contributed by atoms with Gasteiger partial charge >= 0.3 is 5.97 Å². The maximum Gasteiger partial charge on any atom is 0.327 e. The molecule has 1 aliphatic rings. The monoisotopic (exact) mass is 297 g/mol. The predicted molar refractivity (Wildman–Crippen MR) is 78.6 cm³/mol. The van der Waals surface area contributed by atoms with Crippen molar-refractivity contribution in [2.24, 2.45) is 0 Å². The fourth-order valence-corrected chi connectivity index (χ4v) is 3.63. The Morgan fingerprint density at radius 1 is 1.53 bits per heavy atom. The lowest BCUT2D eigenvalue weighted by molar-refractivity contribution is -0.140. The van der Waals surface area contributed by atoms with Gasteiger partial charge in [0.25, 0.3) is 5.91 Å². The molecule has 0 spiro atoms. The summed E-state index contributed by atoms with van der Waals surface area (Å²) in [5, 5.41) is 9.11. The summed E-state index contributed by atoms with van der Waals surface area (Å²) in [7, 11) is 0. The topological polar surface area (TPSA) is 57.6 Å². The average Bonchev–Trinajstić information content (AvgIpc) is 2.88. The number of carbonyl (C=O) groups excluding carboxylic acids is 1. The largest absolute Gasteiger partial charge is 0.480 e. The summed E-state index contributed by atoms with van der Waals surface area (Å²) in [6.07, 6.45) is 2.01. The molecular formula is C13H15NO3S2. The zero-order chi connectivity index (χ0) is 13.8. The van der Waals surface area contributed by atoms with E-state index in [1.807, 2.05) is 24.5 Å². The second-order valence-electron chi connectivity index (χ2n) is 4.26. The number of hydrogen-bond donors (Lipinski definition) is 1. The van der Waals surface area contributed by atoms with Crippen molar-refractivity contribution >= 4 is 35.4 Å². The van der Waals surface area contributed by atoms with Gasteiger partial charge in [0.05, 0.1) is 5.88 Å². The Kier molecular flexibility index (Phi) is 4.76. The number of nitrogens with zero attached hydrogens (tertiary/aromatic N) is 1. The summed E-state index contributed by atoms with van der Waals surface area (Å²) < 4.78 is 0. The summed E-state index contributed by atoms with van der Waals surface area (Å²) >= 11 is 3.17. The highest BCUT2D eigenvalue weighted by Crippen LogP contribution is 2.24. The van der Waals surface area contributed by atoms with E-state index < -0.39 is 12.0 Å². The second kappa shape index (κ2) is 6.34. The zero-order valence-electron chi connectivity index (χ0n) is 10.5. The van der Waals surface area contributed by atoms with Crippen molar-refractivity contribution in [3.8, 4) is 0 Å². The summed E-state index contributed by atoms with van der Waals surface area (Å²) in [6.45, 7) is 0. The molecule has 1 aromatic rings. The van der Waals surface area contributed by atoms with E-state index in [1.54, 1.807) is 17.8 Å². The van der Waals surface area contributed by atoms with Gasteiger partial charge in [-0.05, 0) is 24.0 Å². The standard InChI is InChI=1S/C13H15NO3S2/c1-18-6-9-3-2-4-10(5-9)12(15)14-8-19-7-11(14)13(16)17/h2-5,11H,6-8H2,1H3,(H,16,17)/t11-/m0/s1. The molecule has 2 rings (SSSR count). The van der Waals surface area contributed by atoms with E-state index in [1.165, 1.54) is 16.7 Å². The first-order valence-corrected chi connectivity index (χ1v) is 8.37. The van der Waals surface area contributed by atoms with E-state index in [0.717, 1.165) is 11.3 Å². The number of amides is 1. The lowest BCUT2D eigenvalue weighted by Gasteiger charge is -2.20. The molecule has 1 aliphatic heterocycles. The van der Waals surface area contributed by atoms with E-state index in [9.17, 15) is 9.59 Å². The van der Waals surface area contributed by atoms with Crippen LogP contribution in [0.1, 0.15) is 15.9 Å². The molecular weight excluding hydrogens is 282 g/mol. The Hall–Kier alpha value is -1.14. The maximum atomic E-state index is 12.4. The Morgan fingerprint density at radius 2 is 2.32 bits per heavy atom. The molecule has 0 aliphatic carbocycles. The van der Waals surface area contributed by atoms with Crippen molar-refractivity contribution in [1.82, 2.24) is 4.90 Å². The smallest absolute Gasteiger partial charge is 0.327 e. The molecule has 0 aromatic heterocycles. The minimum atomic E-state index is -0.932. The number of thioether (sulfide) groups is 2. The molecule has 0 saturated carbocycles. The van der Waals surface area contributed by atoms with E-state index in [0.29, 0.717) is 17.2 Å². The van der Waals surface area contributed by atoms with E-state index >= 15 is 0 Å². The van der Waals surface area contributed by atoms with Crippen LogP contribution >= 0.6 is 23.5 Å². The van der Waals surface area contributed by atoms with Crippen molar-refractivity contribution < 1.29 is 14.7 Å². The van der Waals surface area contributed by atoms with Gasteiger partial charge in [0.15, 0.2) is 0 Å². The Labute approximate surface area is 120 Å². The third kappa shape index (κ3) is 3.25. The molecule has 1 atom stereocenters. The maximum absolute atomic E-state index is 12.4. The van der Waals surface area contributed by atoms with Crippen LogP contribution in [0.25, 0.3) is 0 Å². The van der Waals surface area contributed by atoms with Crippen LogP contribution in [0.5, 0.6) is 0 Å². The molecule has 1 fully saturated rings. The van der Waals surface area contributed by atoms with Crippen molar-refractivity contribution in [1.29, 1.82) is 0 Å². The molecule has 1 N–H and O–H groups in total. The highest BCUT2D eigenvalue weighted by Gasteiger charge is 2.34. The van der Waals surface area contributed by atoms with Crippen molar-refractivity contribution in [2.45, 2.75) is 11.8 Å². The highest BCUT2D eigenvalue weighted by molar-refractivity contribution is 7.99. The molecule has 0 radical (unpaired) electrons. The number of benzene rings is 1. The summed E-state index contributed by atoms with van der Waals surface area (Å²) in [5.41, 5.74) is 1.65. The molecule has 1 aromatic carbocycles. The first kappa shape index (κ1) is 14.3. The van der Waals surface area contributed by atoms with Crippen LogP contribution < -0.4 is 0 Å². The van der Waals surface area contributed by atoms with Crippen molar-refractivity contribution in [3.05, 3.63) is 35.4 Å². The third-order valence-electron chi connectivity index (χ3n) is 2.91. The minimum Gasteiger partial charge on any atom is -0.480 e. The number of rotatable bonds is 4. The quantitative estimate of drug-likeness (QED) is 0.923. The average molecular weight is 297 g/mol. The predicted octanol–water partition coefficient (Wildman–Crippen LogP) is 2.15. The Balaban J connectivity index is 2.19. The van der Waals surface area contributed by atoms with Gasteiger partial charge in [0.2, 0.25) is 0 Å². The van der Waals surface area contributed by atoms with Crippen LogP contribution in [0.3, 0.4) is 0 Å². The summed E-state index contributed by atoms with van der Waals surface area (Å²) in [4.78, 5) is 24.9. The molecule has 1 saturated heterocycles. The fourth-order valence-electron chi connectivity index (χ4n) is 1.97. The van der Waals surface area contributed by atoms with Gasteiger partial charge < -0.3 is 10.0 Å². The minimum absolute atomic E-state index is 0.194. The number of carboxylic acid groups (broad SMARTS) is 1. The number of carboxylic acids is 1. The molecule has 4 nitrogen and oxygen atoms in total. The van der Waals surface area contributed by atoms with Gasteiger partial charge in [0, 0.05) is 17.1 Å². The molecule has 0 bridgehead atoms. The normalized spacial score (nSPS) is 18.6. The van der Waals surface area contributed by atoms with Crippen LogP contribution in [0.15, 0.2) is 24.3 Å². The number of aliphatic carboxylic acids is 1. The molecule has 19 heavy (non-hydrogen) atoms. The van der Waals surface area contributed by atoms with Crippen LogP contribution in [0.4, 0.5) is 0 Å². The van der Waals surface area contributed by atoms with Gasteiger partial charge in [-0.2, -0.15) is 11.8 Å². The van der Waals surface area contributed by atoms with Gasteiger partial charge in [0.1, 0.15) is 6.04 Å². The first-order chi connectivity index (χ1) is 9.13. The Bertz CT molecular complexity index is 493. The third-order valence-corrected chi connectivity index (χ3v) is 4.55. The first-order valence-electron chi connectivity index (χ1n) is 5.83. The van der Waals surface area contributed by atoms with Crippen molar-refractivity contribution in [3.63, 3.8) is 0 Å². The second-order valence-corrected chi connectivity index (χ2v) is 6.13. The van der Waals surface area contributed by atoms with Crippen molar-refractivity contribution in [2.75, 3.05) is 17.9 Å². The highest BCUT2D eigenvalue weighted by atomic mass is 32.2. The van der Waals surface area contributed by atoms with Gasteiger partial charge in [-0.3, -0.25) is 4.79 Å². The molecule has 1 amide bonds. The fraction of sp³-hybridized carbons (Fsp3) is 0.385. The molecule has 0 unspecified atom stereocenters. The number of hydrogen-bond acceptors (Lipinski definition) is 4.